The van der Waals surface area contributed by atoms with E-state index in [-0.39, 0.29) is 11.3 Å². The monoisotopic (exact) mass is 486 g/mol. The first kappa shape index (κ1) is 25.3. The van der Waals surface area contributed by atoms with E-state index < -0.39 is 42.2 Å². The number of para-hydroxylation sites is 1. The summed E-state index contributed by atoms with van der Waals surface area (Å²) in [6.45, 7) is -0.558. The molecule has 0 radical (unpaired) electrons. The number of alkyl halides is 3. The number of amides is 2. The van der Waals surface area contributed by atoms with Crippen molar-refractivity contribution in [2.45, 2.75) is 12.3 Å². The van der Waals surface area contributed by atoms with Crippen molar-refractivity contribution in [1.82, 2.24) is 5.32 Å². The van der Waals surface area contributed by atoms with Crippen LogP contribution in [0.25, 0.3) is 0 Å². The van der Waals surface area contributed by atoms with E-state index in [0.717, 1.165) is 18.2 Å². The Labute approximate surface area is 198 Å². The molecule has 0 fully saturated rings. The standard InChI is InChI=1S/C25H21F3N2O5/c1-34-20-13-6-5-12-19(20)23(32)29-15-21(31)35-22(16-8-3-2-4-9-16)24(33)30-18-11-7-10-17(14-18)25(26,27)28/h2-14,22H,15H2,1H3,(H,29,32)(H,30,33). The number of hydrogen-bond acceptors (Lipinski definition) is 5. The van der Waals surface area contributed by atoms with Crippen molar-refractivity contribution in [3.8, 4) is 5.75 Å². The summed E-state index contributed by atoms with van der Waals surface area (Å²) in [5.74, 6) is -2.08. The highest BCUT2D eigenvalue weighted by atomic mass is 19.4. The van der Waals surface area contributed by atoms with Crippen LogP contribution in [-0.2, 0) is 20.5 Å². The van der Waals surface area contributed by atoms with Gasteiger partial charge < -0.3 is 20.1 Å². The lowest BCUT2D eigenvalue weighted by molar-refractivity contribution is -0.153. The largest absolute Gasteiger partial charge is 0.496 e. The van der Waals surface area contributed by atoms with E-state index in [0.29, 0.717) is 11.3 Å². The average molecular weight is 486 g/mol. The molecule has 3 aromatic carbocycles. The highest BCUT2D eigenvalue weighted by molar-refractivity contribution is 5.99. The first-order valence-corrected chi connectivity index (χ1v) is 10.3. The molecule has 3 aromatic rings. The third kappa shape index (κ3) is 6.83. The van der Waals surface area contributed by atoms with Gasteiger partial charge in [-0.3, -0.25) is 14.4 Å². The second kappa shape index (κ2) is 11.2. The summed E-state index contributed by atoms with van der Waals surface area (Å²) in [5, 5.41) is 4.74. The molecule has 3 rings (SSSR count). The zero-order valence-electron chi connectivity index (χ0n) is 18.5. The molecule has 0 aliphatic heterocycles. The van der Waals surface area contributed by atoms with E-state index in [1.807, 2.05) is 0 Å². The molecule has 0 heterocycles. The van der Waals surface area contributed by atoms with Gasteiger partial charge in [-0.2, -0.15) is 13.2 Å². The number of halogens is 3. The number of nitrogens with one attached hydrogen (secondary N) is 2. The van der Waals surface area contributed by atoms with E-state index in [9.17, 15) is 27.6 Å². The van der Waals surface area contributed by atoms with Gasteiger partial charge in [-0.1, -0.05) is 48.5 Å². The van der Waals surface area contributed by atoms with Crippen LogP contribution in [0.15, 0.2) is 78.9 Å². The van der Waals surface area contributed by atoms with Crippen molar-refractivity contribution in [2.24, 2.45) is 0 Å². The zero-order valence-corrected chi connectivity index (χ0v) is 18.5. The van der Waals surface area contributed by atoms with Crippen LogP contribution in [0.1, 0.15) is 27.6 Å². The van der Waals surface area contributed by atoms with Crippen molar-refractivity contribution in [2.75, 3.05) is 19.0 Å². The number of carbonyl (C=O) groups is 3. The molecular formula is C25H21F3N2O5. The molecule has 2 N–H and O–H groups in total. The summed E-state index contributed by atoms with van der Waals surface area (Å²) >= 11 is 0. The van der Waals surface area contributed by atoms with Crippen molar-refractivity contribution in [3.63, 3.8) is 0 Å². The van der Waals surface area contributed by atoms with E-state index in [2.05, 4.69) is 10.6 Å². The molecule has 7 nitrogen and oxygen atoms in total. The molecule has 35 heavy (non-hydrogen) atoms. The quantitative estimate of drug-likeness (QED) is 0.462. The molecule has 2 amide bonds. The van der Waals surface area contributed by atoms with Crippen molar-refractivity contribution >= 4 is 23.5 Å². The van der Waals surface area contributed by atoms with E-state index in [1.165, 1.54) is 31.4 Å². The van der Waals surface area contributed by atoms with Crippen LogP contribution in [0.4, 0.5) is 18.9 Å². The predicted octanol–water partition coefficient (Wildman–Crippen LogP) is 4.37. The van der Waals surface area contributed by atoms with Crippen molar-refractivity contribution in [1.29, 1.82) is 0 Å². The third-order valence-electron chi connectivity index (χ3n) is 4.79. The summed E-state index contributed by atoms with van der Waals surface area (Å²) in [7, 11) is 1.40. The summed E-state index contributed by atoms with van der Waals surface area (Å²) in [5.41, 5.74) is -0.569. The first-order valence-electron chi connectivity index (χ1n) is 10.3. The maximum Gasteiger partial charge on any atom is 0.416 e. The van der Waals surface area contributed by atoms with E-state index in [1.54, 1.807) is 36.4 Å². The SMILES string of the molecule is COc1ccccc1C(=O)NCC(=O)OC(C(=O)Nc1cccc(C(F)(F)F)c1)c1ccccc1. The average Bonchev–Trinajstić information content (AvgIpc) is 2.85. The van der Waals surface area contributed by atoms with Crippen molar-refractivity contribution < 1.29 is 37.0 Å². The topological polar surface area (TPSA) is 93.7 Å². The van der Waals surface area contributed by atoms with Gasteiger partial charge in [0, 0.05) is 11.3 Å². The van der Waals surface area contributed by atoms with Crippen LogP contribution in [0.3, 0.4) is 0 Å². The van der Waals surface area contributed by atoms with Gasteiger partial charge in [-0.05, 0) is 30.3 Å². The van der Waals surface area contributed by atoms with Gasteiger partial charge >= 0.3 is 12.1 Å². The molecule has 10 heteroatoms. The summed E-state index contributed by atoms with van der Waals surface area (Å²) in [6, 6.07) is 18.4. The molecule has 0 saturated carbocycles. The van der Waals surface area contributed by atoms with Gasteiger partial charge in [0.25, 0.3) is 11.8 Å². The van der Waals surface area contributed by atoms with Gasteiger partial charge in [0.05, 0.1) is 18.2 Å². The Kier molecular flexibility index (Phi) is 8.08. The Bertz CT molecular complexity index is 1200. The van der Waals surface area contributed by atoms with Gasteiger partial charge in [0.1, 0.15) is 12.3 Å². The van der Waals surface area contributed by atoms with E-state index in [4.69, 9.17) is 9.47 Å². The number of benzene rings is 3. The number of carbonyl (C=O) groups excluding carboxylic acids is 3. The fourth-order valence-corrected chi connectivity index (χ4v) is 3.13. The van der Waals surface area contributed by atoms with Crippen LogP contribution in [0.5, 0.6) is 5.75 Å². The highest BCUT2D eigenvalue weighted by Crippen LogP contribution is 2.31. The lowest BCUT2D eigenvalue weighted by Gasteiger charge is -2.19. The molecule has 0 saturated heterocycles. The smallest absolute Gasteiger partial charge is 0.416 e. The number of hydrogen-bond donors (Lipinski definition) is 2. The maximum atomic E-state index is 13.0. The van der Waals surface area contributed by atoms with Gasteiger partial charge in [-0.25, -0.2) is 0 Å². The Morgan fingerprint density at radius 2 is 1.60 bits per heavy atom. The van der Waals surface area contributed by atoms with Crippen LogP contribution in [0.2, 0.25) is 0 Å². The van der Waals surface area contributed by atoms with Crippen LogP contribution >= 0.6 is 0 Å². The summed E-state index contributed by atoms with van der Waals surface area (Å²) < 4.78 is 49.4. The third-order valence-corrected chi connectivity index (χ3v) is 4.79. The minimum Gasteiger partial charge on any atom is -0.496 e. The molecule has 182 valence electrons. The Morgan fingerprint density at radius 3 is 2.29 bits per heavy atom. The second-order valence-electron chi connectivity index (χ2n) is 7.23. The number of rotatable bonds is 8. The summed E-state index contributed by atoms with van der Waals surface area (Å²) in [6.07, 6.45) is -6.06. The lowest BCUT2D eigenvalue weighted by atomic mass is 10.1. The molecule has 0 bridgehead atoms. The van der Waals surface area contributed by atoms with Crippen LogP contribution < -0.4 is 15.4 Å². The minimum atomic E-state index is -4.59. The van der Waals surface area contributed by atoms with Crippen LogP contribution in [0, 0.1) is 0 Å². The number of anilines is 1. The molecule has 0 aromatic heterocycles. The van der Waals surface area contributed by atoms with E-state index >= 15 is 0 Å². The zero-order chi connectivity index (χ0) is 25.4. The number of ether oxygens (including phenoxy) is 2. The second-order valence-corrected chi connectivity index (χ2v) is 7.23. The number of methoxy groups -OCH3 is 1. The van der Waals surface area contributed by atoms with Gasteiger partial charge in [0.15, 0.2) is 0 Å². The fraction of sp³-hybridized carbons (Fsp3) is 0.160. The molecule has 0 spiro atoms. The minimum absolute atomic E-state index is 0.119. The summed E-state index contributed by atoms with van der Waals surface area (Å²) in [4.78, 5) is 37.7. The Hall–Kier alpha value is -4.34. The van der Waals surface area contributed by atoms with Crippen LogP contribution in [-0.4, -0.2) is 31.4 Å². The normalized spacial score (nSPS) is 11.8. The lowest BCUT2D eigenvalue weighted by Crippen LogP contribution is -2.33. The first-order chi connectivity index (χ1) is 16.7. The molecule has 1 atom stereocenters. The predicted molar refractivity (Wildman–Crippen MR) is 121 cm³/mol. The maximum absolute atomic E-state index is 13.0. The van der Waals surface area contributed by atoms with Gasteiger partial charge in [0.2, 0.25) is 6.10 Å². The molecule has 0 aliphatic carbocycles. The Balaban J connectivity index is 1.71. The highest BCUT2D eigenvalue weighted by Gasteiger charge is 2.31. The number of esters is 1. The molecular weight excluding hydrogens is 465 g/mol. The Morgan fingerprint density at radius 1 is 0.914 bits per heavy atom. The molecule has 1 unspecified atom stereocenters. The van der Waals surface area contributed by atoms with Gasteiger partial charge in [-0.15, -0.1) is 0 Å². The fourth-order valence-electron chi connectivity index (χ4n) is 3.13. The molecule has 0 aliphatic rings. The van der Waals surface area contributed by atoms with Crippen molar-refractivity contribution in [3.05, 3.63) is 95.6 Å².